The van der Waals surface area contributed by atoms with Crippen molar-refractivity contribution in [1.29, 1.82) is 0 Å². The zero-order chi connectivity index (χ0) is 21.6. The average molecular weight is 423 g/mol. The molecular weight excluding hydrogens is 396 g/mol. The van der Waals surface area contributed by atoms with Crippen molar-refractivity contribution in [2.75, 3.05) is 10.8 Å². The molecule has 0 aliphatic rings. The maximum atomic E-state index is 13.3. The summed E-state index contributed by atoms with van der Waals surface area (Å²) < 4.78 is 27.8. The van der Waals surface area contributed by atoms with Crippen molar-refractivity contribution in [3.8, 4) is 0 Å². The van der Waals surface area contributed by atoms with Gasteiger partial charge in [0.1, 0.15) is 0 Å². The molecule has 3 rings (SSSR count). The molecule has 6 heteroatoms. The molecule has 156 valence electrons. The van der Waals surface area contributed by atoms with Crippen molar-refractivity contribution in [2.45, 2.75) is 31.7 Å². The number of amides is 1. The Kier molecular flexibility index (Phi) is 6.90. The Balaban J connectivity index is 1.72. The monoisotopic (exact) mass is 422 g/mol. The largest absolute Gasteiger partial charge is 0.352 e. The second-order valence-electron chi connectivity index (χ2n) is 7.24. The van der Waals surface area contributed by atoms with Gasteiger partial charge >= 0.3 is 0 Å². The fraction of sp³-hybridized carbons (Fsp3) is 0.208. The first-order valence-electron chi connectivity index (χ1n) is 9.83. The lowest BCUT2D eigenvalue weighted by Crippen LogP contribution is -2.35. The maximum Gasteiger partial charge on any atom is 0.264 e. The second-order valence-corrected chi connectivity index (χ2v) is 9.10. The van der Waals surface area contributed by atoms with Gasteiger partial charge in [0.25, 0.3) is 10.0 Å². The second kappa shape index (κ2) is 9.59. The summed E-state index contributed by atoms with van der Waals surface area (Å²) in [4.78, 5) is 12.6. The van der Waals surface area contributed by atoms with Gasteiger partial charge in [0.05, 0.1) is 10.6 Å². The molecule has 0 fully saturated rings. The minimum absolute atomic E-state index is 0.0555. The van der Waals surface area contributed by atoms with E-state index in [0.717, 1.165) is 16.7 Å². The number of sulfonamides is 1. The minimum Gasteiger partial charge on any atom is -0.352 e. The fourth-order valence-electron chi connectivity index (χ4n) is 3.02. The Labute approximate surface area is 178 Å². The normalized spacial score (nSPS) is 11.1. The number of para-hydroxylation sites is 1. The van der Waals surface area contributed by atoms with E-state index in [4.69, 9.17) is 0 Å². The van der Waals surface area contributed by atoms with Crippen LogP contribution < -0.4 is 9.62 Å². The maximum absolute atomic E-state index is 13.3. The summed E-state index contributed by atoms with van der Waals surface area (Å²) in [6.45, 7) is 4.38. The highest BCUT2D eigenvalue weighted by molar-refractivity contribution is 7.92. The first-order valence-corrected chi connectivity index (χ1v) is 11.3. The van der Waals surface area contributed by atoms with E-state index in [9.17, 15) is 13.2 Å². The van der Waals surface area contributed by atoms with E-state index in [-0.39, 0.29) is 23.8 Å². The molecule has 0 bridgehead atoms. The third kappa shape index (κ3) is 5.48. The quantitative estimate of drug-likeness (QED) is 0.591. The molecular formula is C24H26N2O3S. The van der Waals surface area contributed by atoms with E-state index in [1.807, 2.05) is 44.2 Å². The number of carbonyl (C=O) groups excluding carboxylic acids is 1. The number of hydrogen-bond acceptors (Lipinski definition) is 3. The van der Waals surface area contributed by atoms with Gasteiger partial charge in [-0.05, 0) is 43.7 Å². The lowest BCUT2D eigenvalue weighted by Gasteiger charge is -2.24. The van der Waals surface area contributed by atoms with Crippen LogP contribution >= 0.6 is 0 Å². The lowest BCUT2D eigenvalue weighted by molar-refractivity contribution is -0.121. The van der Waals surface area contributed by atoms with Crippen molar-refractivity contribution in [3.05, 3.63) is 95.6 Å². The number of nitrogens with zero attached hydrogens (tertiary/aromatic N) is 1. The van der Waals surface area contributed by atoms with Crippen LogP contribution in [0, 0.1) is 13.8 Å². The van der Waals surface area contributed by atoms with Gasteiger partial charge in [-0.15, -0.1) is 0 Å². The van der Waals surface area contributed by atoms with Crippen molar-refractivity contribution >= 4 is 21.6 Å². The molecule has 3 aromatic carbocycles. The first-order chi connectivity index (χ1) is 14.4. The Morgan fingerprint density at radius 2 is 1.40 bits per heavy atom. The van der Waals surface area contributed by atoms with Crippen molar-refractivity contribution in [3.63, 3.8) is 0 Å². The molecule has 0 aromatic heterocycles. The SMILES string of the molecule is Cc1ccc(CNC(=O)CCN(c2ccccc2)S(=O)(=O)c2ccc(C)cc2)cc1. The van der Waals surface area contributed by atoms with Gasteiger partial charge in [-0.2, -0.15) is 0 Å². The highest BCUT2D eigenvalue weighted by Crippen LogP contribution is 2.24. The van der Waals surface area contributed by atoms with Crippen molar-refractivity contribution in [2.24, 2.45) is 0 Å². The molecule has 0 unspecified atom stereocenters. The molecule has 0 atom stereocenters. The van der Waals surface area contributed by atoms with Crippen LogP contribution in [-0.4, -0.2) is 20.9 Å². The topological polar surface area (TPSA) is 66.5 Å². The van der Waals surface area contributed by atoms with E-state index in [1.54, 1.807) is 48.5 Å². The number of rotatable bonds is 8. The molecule has 1 amide bonds. The summed E-state index contributed by atoms with van der Waals surface area (Å²) in [5.74, 6) is -0.199. The zero-order valence-electron chi connectivity index (χ0n) is 17.2. The lowest BCUT2D eigenvalue weighted by atomic mass is 10.1. The molecule has 3 aromatic rings. The summed E-state index contributed by atoms with van der Waals surface area (Å²) in [7, 11) is -3.79. The molecule has 0 aliphatic carbocycles. The van der Waals surface area contributed by atoms with Crippen molar-refractivity contribution < 1.29 is 13.2 Å². The van der Waals surface area contributed by atoms with Crippen LogP contribution in [0.1, 0.15) is 23.1 Å². The summed E-state index contributed by atoms with van der Waals surface area (Å²) in [6.07, 6.45) is 0.0614. The summed E-state index contributed by atoms with van der Waals surface area (Å²) in [6, 6.07) is 23.5. The molecule has 0 spiro atoms. The summed E-state index contributed by atoms with van der Waals surface area (Å²) in [5, 5.41) is 2.86. The molecule has 0 saturated carbocycles. The number of aryl methyl sites for hydroxylation is 2. The van der Waals surface area contributed by atoms with Crippen LogP contribution in [-0.2, 0) is 21.4 Å². The van der Waals surface area contributed by atoms with E-state index in [0.29, 0.717) is 12.2 Å². The molecule has 0 radical (unpaired) electrons. The van der Waals surface area contributed by atoms with Crippen LogP contribution in [0.25, 0.3) is 0 Å². The number of nitrogens with one attached hydrogen (secondary N) is 1. The van der Waals surface area contributed by atoms with Crippen LogP contribution in [0.4, 0.5) is 5.69 Å². The molecule has 30 heavy (non-hydrogen) atoms. The molecule has 0 heterocycles. The average Bonchev–Trinajstić information content (AvgIpc) is 2.74. The molecule has 5 nitrogen and oxygen atoms in total. The predicted octanol–water partition coefficient (Wildman–Crippen LogP) is 4.21. The Morgan fingerprint density at radius 1 is 0.833 bits per heavy atom. The van der Waals surface area contributed by atoms with Crippen LogP contribution in [0.15, 0.2) is 83.8 Å². The predicted molar refractivity (Wildman–Crippen MR) is 120 cm³/mol. The Bertz CT molecular complexity index is 1080. The summed E-state index contributed by atoms with van der Waals surface area (Å²) >= 11 is 0. The van der Waals surface area contributed by atoms with Crippen LogP contribution in [0.3, 0.4) is 0 Å². The van der Waals surface area contributed by atoms with E-state index < -0.39 is 10.0 Å². The Hall–Kier alpha value is -3.12. The molecule has 0 saturated heterocycles. The van der Waals surface area contributed by atoms with Gasteiger partial charge in [-0.3, -0.25) is 9.10 Å². The van der Waals surface area contributed by atoms with Gasteiger partial charge < -0.3 is 5.32 Å². The van der Waals surface area contributed by atoms with E-state index in [1.165, 1.54) is 4.31 Å². The third-order valence-electron chi connectivity index (χ3n) is 4.81. The standard InChI is InChI=1S/C24H26N2O3S/c1-19-8-12-21(13-9-19)18-25-24(27)16-17-26(22-6-4-3-5-7-22)30(28,29)23-14-10-20(2)11-15-23/h3-15H,16-18H2,1-2H3,(H,25,27). The van der Waals surface area contributed by atoms with Gasteiger partial charge in [0, 0.05) is 19.5 Å². The van der Waals surface area contributed by atoms with Gasteiger partial charge in [0.2, 0.25) is 5.91 Å². The fourth-order valence-corrected chi connectivity index (χ4v) is 4.48. The van der Waals surface area contributed by atoms with Crippen molar-refractivity contribution in [1.82, 2.24) is 5.32 Å². The summed E-state index contributed by atoms with van der Waals surface area (Å²) in [5.41, 5.74) is 3.67. The number of carbonyl (C=O) groups is 1. The van der Waals surface area contributed by atoms with Crippen LogP contribution in [0.5, 0.6) is 0 Å². The van der Waals surface area contributed by atoms with E-state index >= 15 is 0 Å². The smallest absolute Gasteiger partial charge is 0.264 e. The van der Waals surface area contributed by atoms with Crippen LogP contribution in [0.2, 0.25) is 0 Å². The van der Waals surface area contributed by atoms with Gasteiger partial charge in [-0.1, -0.05) is 65.7 Å². The number of hydrogen-bond donors (Lipinski definition) is 1. The Morgan fingerprint density at radius 3 is 2.00 bits per heavy atom. The third-order valence-corrected chi connectivity index (χ3v) is 6.65. The highest BCUT2D eigenvalue weighted by atomic mass is 32.2. The molecule has 1 N–H and O–H groups in total. The highest BCUT2D eigenvalue weighted by Gasteiger charge is 2.25. The van der Waals surface area contributed by atoms with Gasteiger partial charge in [0.15, 0.2) is 0 Å². The first kappa shape index (κ1) is 21.6. The van der Waals surface area contributed by atoms with Gasteiger partial charge in [-0.25, -0.2) is 8.42 Å². The number of benzene rings is 3. The molecule has 0 aliphatic heterocycles. The number of anilines is 1. The van der Waals surface area contributed by atoms with E-state index in [2.05, 4.69) is 5.32 Å². The minimum atomic E-state index is -3.79. The zero-order valence-corrected chi connectivity index (χ0v) is 18.0.